The average molecular weight is 418 g/mol. The summed E-state index contributed by atoms with van der Waals surface area (Å²) < 4.78 is 0. The first-order chi connectivity index (χ1) is 14.8. The fraction of sp³-hybridized carbons (Fsp3) is 0.556. The molecule has 2 fully saturated rings. The van der Waals surface area contributed by atoms with Crippen LogP contribution < -0.4 is 0 Å². The summed E-state index contributed by atoms with van der Waals surface area (Å²) >= 11 is 0. The first-order valence-corrected chi connectivity index (χ1v) is 11.9. The van der Waals surface area contributed by atoms with E-state index in [0.29, 0.717) is 23.3 Å². The summed E-state index contributed by atoms with van der Waals surface area (Å²) in [5.41, 5.74) is 4.92. The molecule has 0 bridgehead atoms. The fourth-order valence-electron chi connectivity index (χ4n) is 8.02. The van der Waals surface area contributed by atoms with E-state index in [2.05, 4.69) is 19.9 Å². The lowest BCUT2D eigenvalue weighted by atomic mass is 9.48. The van der Waals surface area contributed by atoms with Crippen LogP contribution in [0.4, 0.5) is 0 Å². The van der Waals surface area contributed by atoms with Crippen LogP contribution in [0.2, 0.25) is 0 Å². The highest BCUT2D eigenvalue weighted by atomic mass is 16.4. The predicted molar refractivity (Wildman–Crippen MR) is 120 cm³/mol. The van der Waals surface area contributed by atoms with Crippen molar-refractivity contribution in [2.45, 2.75) is 70.3 Å². The molecule has 4 nitrogen and oxygen atoms in total. The molecular weight excluding hydrogens is 386 g/mol. The monoisotopic (exact) mass is 417 g/mol. The number of carbonyl (C=O) groups is 1. The molecule has 0 unspecified atom stereocenters. The molecule has 1 aromatic carbocycles. The summed E-state index contributed by atoms with van der Waals surface area (Å²) in [6.45, 7) is 4.78. The van der Waals surface area contributed by atoms with E-state index in [1.807, 2.05) is 24.3 Å². The number of para-hydroxylation sites is 1. The van der Waals surface area contributed by atoms with Crippen molar-refractivity contribution in [3.8, 4) is 0 Å². The molecule has 2 saturated carbocycles. The lowest BCUT2D eigenvalue weighted by Gasteiger charge is -2.57. The molecule has 4 aliphatic rings. The Morgan fingerprint density at radius 2 is 1.84 bits per heavy atom. The van der Waals surface area contributed by atoms with Crippen molar-refractivity contribution in [1.82, 2.24) is 4.98 Å². The van der Waals surface area contributed by atoms with Gasteiger partial charge >= 0.3 is 5.97 Å². The quantitative estimate of drug-likeness (QED) is 0.620. The van der Waals surface area contributed by atoms with E-state index in [1.54, 1.807) is 0 Å². The Balaban J connectivity index is 1.48. The average Bonchev–Trinajstić information content (AvgIpc) is 3.04. The number of hydrogen-bond donors (Lipinski definition) is 2. The number of fused-ring (bicyclic) bond motifs is 8. The van der Waals surface area contributed by atoms with E-state index < -0.39 is 5.97 Å². The van der Waals surface area contributed by atoms with Gasteiger partial charge in [0.25, 0.3) is 0 Å². The molecule has 4 aliphatic carbocycles. The Bertz CT molecular complexity index is 1140. The zero-order chi connectivity index (χ0) is 21.5. The number of aliphatic hydroxyl groups is 1. The third kappa shape index (κ3) is 2.51. The number of carboxylic acid groups (broad SMARTS) is 1. The summed E-state index contributed by atoms with van der Waals surface area (Å²) in [5, 5.41) is 21.2. The number of allylic oxidation sites excluding steroid dienone is 1. The molecule has 0 radical (unpaired) electrons. The number of pyridine rings is 1. The van der Waals surface area contributed by atoms with Crippen LogP contribution in [0.15, 0.2) is 35.9 Å². The van der Waals surface area contributed by atoms with Crippen molar-refractivity contribution in [2.24, 2.45) is 23.2 Å². The van der Waals surface area contributed by atoms with E-state index in [0.717, 1.165) is 67.1 Å². The minimum absolute atomic E-state index is 0.0549. The van der Waals surface area contributed by atoms with Crippen LogP contribution in [0, 0.1) is 23.2 Å². The van der Waals surface area contributed by atoms with Gasteiger partial charge in [-0.15, -0.1) is 0 Å². The first kappa shape index (κ1) is 19.5. The molecule has 2 aromatic rings. The van der Waals surface area contributed by atoms with Crippen LogP contribution in [-0.2, 0) is 11.8 Å². The van der Waals surface area contributed by atoms with E-state index in [-0.39, 0.29) is 16.9 Å². The third-order valence-corrected chi connectivity index (χ3v) is 9.64. The minimum Gasteiger partial charge on any atom is -0.478 e. The molecule has 1 aromatic heterocycles. The summed E-state index contributed by atoms with van der Waals surface area (Å²) in [5.74, 6) is 0.787. The molecule has 1 heterocycles. The van der Waals surface area contributed by atoms with Crippen molar-refractivity contribution in [1.29, 1.82) is 0 Å². The summed E-state index contributed by atoms with van der Waals surface area (Å²) in [7, 11) is 0. The van der Waals surface area contributed by atoms with Gasteiger partial charge in [0.15, 0.2) is 0 Å². The standard InChI is InChI=1S/C27H31NO3/c1-26-11-9-16(29)13-15(26)7-8-17-20(26)10-12-27(2)21(17)14-19-23(25(30)31)18-5-3-4-6-22(18)28-24(19)27/h3-7,16-17,20-21,29H,8-14H2,1-2H3,(H,30,31)/t16-,17+,20-,21-,26-,27-/m0/s1. The maximum atomic E-state index is 12.4. The Morgan fingerprint density at radius 3 is 2.65 bits per heavy atom. The fourth-order valence-corrected chi connectivity index (χ4v) is 8.02. The van der Waals surface area contributed by atoms with Crippen LogP contribution in [0.25, 0.3) is 10.9 Å². The predicted octanol–water partition coefficient (Wildman–Crippen LogP) is 5.27. The maximum Gasteiger partial charge on any atom is 0.336 e. The van der Waals surface area contributed by atoms with E-state index in [1.165, 1.54) is 5.57 Å². The molecule has 0 amide bonds. The number of rotatable bonds is 1. The third-order valence-electron chi connectivity index (χ3n) is 9.64. The molecule has 0 aliphatic heterocycles. The van der Waals surface area contributed by atoms with Gasteiger partial charge in [0, 0.05) is 10.8 Å². The van der Waals surface area contributed by atoms with Gasteiger partial charge < -0.3 is 10.2 Å². The molecule has 31 heavy (non-hydrogen) atoms. The maximum absolute atomic E-state index is 12.4. The van der Waals surface area contributed by atoms with E-state index >= 15 is 0 Å². The molecule has 6 rings (SSSR count). The Labute approximate surface area is 183 Å². The number of aliphatic hydroxyl groups excluding tert-OH is 1. The highest BCUT2D eigenvalue weighted by Gasteiger charge is 2.58. The molecule has 4 heteroatoms. The van der Waals surface area contributed by atoms with E-state index in [4.69, 9.17) is 4.98 Å². The number of carboxylic acids is 1. The van der Waals surface area contributed by atoms with Gasteiger partial charge in [0.1, 0.15) is 0 Å². The number of aromatic carboxylic acids is 1. The van der Waals surface area contributed by atoms with Gasteiger partial charge in [-0.05, 0) is 79.7 Å². The smallest absolute Gasteiger partial charge is 0.336 e. The molecule has 0 saturated heterocycles. The van der Waals surface area contributed by atoms with Crippen molar-refractivity contribution >= 4 is 16.9 Å². The molecule has 2 N–H and O–H groups in total. The zero-order valence-corrected chi connectivity index (χ0v) is 18.4. The lowest BCUT2D eigenvalue weighted by Crippen LogP contribution is -2.51. The van der Waals surface area contributed by atoms with Gasteiger partial charge in [-0.1, -0.05) is 43.7 Å². The van der Waals surface area contributed by atoms with Crippen molar-refractivity contribution in [3.05, 3.63) is 52.7 Å². The topological polar surface area (TPSA) is 70.4 Å². The van der Waals surface area contributed by atoms with Crippen LogP contribution in [0.1, 0.15) is 74.0 Å². The molecular formula is C27H31NO3. The first-order valence-electron chi connectivity index (χ1n) is 11.9. The number of aromatic nitrogens is 1. The molecule has 0 spiro atoms. The Kier molecular flexibility index (Phi) is 4.03. The van der Waals surface area contributed by atoms with Gasteiger partial charge in [0.2, 0.25) is 0 Å². The van der Waals surface area contributed by atoms with E-state index in [9.17, 15) is 15.0 Å². The second-order valence-corrected chi connectivity index (χ2v) is 11.0. The number of nitrogens with zero attached hydrogens (tertiary/aromatic N) is 1. The SMILES string of the molecule is C[C@]12CC[C@H](O)CC1=CC[C@@H]1[C@@H]2CC[C@]2(C)c3nc4ccccc4c(C(=O)O)c3C[C@@H]12. The van der Waals surface area contributed by atoms with Gasteiger partial charge in [0.05, 0.1) is 22.9 Å². The second-order valence-electron chi connectivity index (χ2n) is 11.0. The normalized spacial score (nSPS) is 38.6. The molecule has 6 atom stereocenters. The van der Waals surface area contributed by atoms with Crippen LogP contribution in [-0.4, -0.2) is 27.3 Å². The van der Waals surface area contributed by atoms with Gasteiger partial charge in [-0.3, -0.25) is 4.98 Å². The number of hydrogen-bond acceptors (Lipinski definition) is 3. The zero-order valence-electron chi connectivity index (χ0n) is 18.4. The second kappa shape index (κ2) is 6.41. The van der Waals surface area contributed by atoms with Crippen LogP contribution in [0.3, 0.4) is 0 Å². The highest BCUT2D eigenvalue weighted by Crippen LogP contribution is 2.64. The van der Waals surface area contributed by atoms with Crippen LogP contribution >= 0.6 is 0 Å². The largest absolute Gasteiger partial charge is 0.478 e. The van der Waals surface area contributed by atoms with Crippen molar-refractivity contribution in [3.63, 3.8) is 0 Å². The van der Waals surface area contributed by atoms with Crippen molar-refractivity contribution in [2.75, 3.05) is 0 Å². The van der Waals surface area contributed by atoms with Gasteiger partial charge in [-0.25, -0.2) is 4.79 Å². The van der Waals surface area contributed by atoms with Crippen molar-refractivity contribution < 1.29 is 15.0 Å². The van der Waals surface area contributed by atoms with Gasteiger partial charge in [-0.2, -0.15) is 0 Å². The lowest BCUT2D eigenvalue weighted by molar-refractivity contribution is -0.0169. The van der Waals surface area contributed by atoms with Crippen LogP contribution in [0.5, 0.6) is 0 Å². The summed E-state index contributed by atoms with van der Waals surface area (Å²) in [4.78, 5) is 17.5. The minimum atomic E-state index is -0.826. The molecule has 162 valence electrons. The number of benzene rings is 1. The Hall–Kier alpha value is -2.20. The Morgan fingerprint density at radius 1 is 1.06 bits per heavy atom. The highest BCUT2D eigenvalue weighted by molar-refractivity contribution is 6.04. The summed E-state index contributed by atoms with van der Waals surface area (Å²) in [6.07, 6.45) is 9.16. The summed E-state index contributed by atoms with van der Waals surface area (Å²) in [6, 6.07) is 7.72.